The summed E-state index contributed by atoms with van der Waals surface area (Å²) in [5.41, 5.74) is 1.83. The van der Waals surface area contributed by atoms with Crippen LogP contribution in [0.2, 0.25) is 10.0 Å². The Kier molecular flexibility index (Phi) is 2.65. The second-order valence-corrected chi connectivity index (χ2v) is 4.72. The van der Waals surface area contributed by atoms with Crippen LogP contribution in [0.3, 0.4) is 0 Å². The Morgan fingerprint density at radius 1 is 1.06 bits per heavy atom. The summed E-state index contributed by atoms with van der Waals surface area (Å²) >= 11 is 12.0. The van der Waals surface area contributed by atoms with E-state index in [9.17, 15) is 4.79 Å². The van der Waals surface area contributed by atoms with Gasteiger partial charge in [0.2, 0.25) is 0 Å². The predicted octanol–water partition coefficient (Wildman–Crippen LogP) is 3.63. The van der Waals surface area contributed by atoms with Crippen LogP contribution in [0, 0.1) is 0 Å². The first-order valence-electron chi connectivity index (χ1n) is 5.32. The molecule has 0 radical (unpaired) electrons. The van der Waals surface area contributed by atoms with E-state index in [1.807, 2.05) is 12.1 Å². The van der Waals surface area contributed by atoms with Gasteiger partial charge < -0.3 is 4.98 Å². The minimum atomic E-state index is -0.236. The maximum atomic E-state index is 12.0. The van der Waals surface area contributed by atoms with Crippen LogP contribution < -0.4 is 5.69 Å². The topological polar surface area (TPSA) is 37.8 Å². The van der Waals surface area contributed by atoms with Gasteiger partial charge in [0, 0.05) is 5.02 Å². The molecule has 0 saturated carbocycles. The van der Waals surface area contributed by atoms with Crippen LogP contribution in [0.4, 0.5) is 0 Å². The van der Waals surface area contributed by atoms with Gasteiger partial charge in [0.1, 0.15) is 0 Å². The molecule has 0 bridgehead atoms. The minimum absolute atomic E-state index is 0.236. The molecular formula is C13H8Cl2N2O. The lowest BCUT2D eigenvalue weighted by atomic mass is 10.3. The lowest BCUT2D eigenvalue weighted by Crippen LogP contribution is -2.14. The molecule has 0 atom stereocenters. The Morgan fingerprint density at radius 2 is 1.83 bits per heavy atom. The number of H-pyrrole nitrogens is 1. The van der Waals surface area contributed by atoms with Crippen molar-refractivity contribution in [1.29, 1.82) is 0 Å². The van der Waals surface area contributed by atoms with E-state index in [0.717, 1.165) is 5.52 Å². The van der Waals surface area contributed by atoms with E-state index in [4.69, 9.17) is 23.2 Å². The SMILES string of the molecule is O=c1[nH]c2c(Cl)cccc2n1-c1cccc(Cl)c1. The highest BCUT2D eigenvalue weighted by atomic mass is 35.5. The summed E-state index contributed by atoms with van der Waals surface area (Å²) in [5, 5.41) is 1.10. The van der Waals surface area contributed by atoms with Gasteiger partial charge in [-0.05, 0) is 30.3 Å². The van der Waals surface area contributed by atoms with Gasteiger partial charge in [-0.1, -0.05) is 35.3 Å². The molecule has 0 spiro atoms. The number of aromatic amines is 1. The molecule has 0 aliphatic carbocycles. The monoisotopic (exact) mass is 278 g/mol. The van der Waals surface area contributed by atoms with Crippen molar-refractivity contribution in [2.24, 2.45) is 0 Å². The Morgan fingerprint density at radius 3 is 2.61 bits per heavy atom. The molecule has 90 valence electrons. The summed E-state index contributed by atoms with van der Waals surface area (Å²) in [6.07, 6.45) is 0. The van der Waals surface area contributed by atoms with Crippen molar-refractivity contribution in [3.05, 3.63) is 63.0 Å². The smallest absolute Gasteiger partial charge is 0.304 e. The Balaban J connectivity index is 2.39. The number of hydrogen-bond donors (Lipinski definition) is 1. The van der Waals surface area contributed by atoms with Crippen molar-refractivity contribution >= 4 is 34.2 Å². The fourth-order valence-corrected chi connectivity index (χ4v) is 2.37. The van der Waals surface area contributed by atoms with Crippen molar-refractivity contribution in [3.8, 4) is 5.69 Å². The Bertz CT molecular complexity index is 789. The second-order valence-electron chi connectivity index (χ2n) is 3.88. The first-order chi connectivity index (χ1) is 8.66. The van der Waals surface area contributed by atoms with Crippen LogP contribution >= 0.6 is 23.2 Å². The molecule has 3 aromatic rings. The number of nitrogens with zero attached hydrogens (tertiary/aromatic N) is 1. The molecule has 0 amide bonds. The van der Waals surface area contributed by atoms with Gasteiger partial charge in [-0.3, -0.25) is 4.57 Å². The molecule has 3 nitrogen and oxygen atoms in total. The van der Waals surface area contributed by atoms with Gasteiger partial charge in [-0.15, -0.1) is 0 Å². The molecule has 18 heavy (non-hydrogen) atoms. The van der Waals surface area contributed by atoms with Crippen LogP contribution in [-0.2, 0) is 0 Å². The zero-order chi connectivity index (χ0) is 12.7. The number of rotatable bonds is 1. The van der Waals surface area contributed by atoms with Gasteiger partial charge in [0.25, 0.3) is 0 Å². The van der Waals surface area contributed by atoms with Gasteiger partial charge in [0.05, 0.1) is 21.7 Å². The lowest BCUT2D eigenvalue weighted by molar-refractivity contribution is 1.02. The van der Waals surface area contributed by atoms with E-state index in [0.29, 0.717) is 21.2 Å². The van der Waals surface area contributed by atoms with Crippen molar-refractivity contribution < 1.29 is 0 Å². The number of fused-ring (bicyclic) bond motifs is 1. The zero-order valence-electron chi connectivity index (χ0n) is 9.15. The maximum absolute atomic E-state index is 12.0. The molecule has 2 aromatic carbocycles. The van der Waals surface area contributed by atoms with Gasteiger partial charge >= 0.3 is 5.69 Å². The summed E-state index contributed by atoms with van der Waals surface area (Å²) in [7, 11) is 0. The quantitative estimate of drug-likeness (QED) is 0.725. The number of halogens is 2. The first-order valence-corrected chi connectivity index (χ1v) is 6.07. The summed E-state index contributed by atoms with van der Waals surface area (Å²) in [5.74, 6) is 0. The molecule has 3 rings (SSSR count). The number of imidazole rings is 1. The lowest BCUT2D eigenvalue weighted by Gasteiger charge is -2.03. The van der Waals surface area contributed by atoms with E-state index in [2.05, 4.69) is 4.98 Å². The third-order valence-electron chi connectivity index (χ3n) is 2.73. The summed E-state index contributed by atoms with van der Waals surface area (Å²) in [6.45, 7) is 0. The minimum Gasteiger partial charge on any atom is -0.304 e. The summed E-state index contributed by atoms with van der Waals surface area (Å²) < 4.78 is 1.55. The molecule has 1 aromatic heterocycles. The van der Waals surface area contributed by atoms with Crippen LogP contribution in [0.25, 0.3) is 16.7 Å². The van der Waals surface area contributed by atoms with E-state index in [1.54, 1.807) is 34.9 Å². The standard InChI is InChI=1S/C13H8Cl2N2O/c14-8-3-1-4-9(7-8)17-11-6-2-5-10(15)12(11)16-13(17)18/h1-7H,(H,16,18). The highest BCUT2D eigenvalue weighted by Gasteiger charge is 2.10. The van der Waals surface area contributed by atoms with Crippen LogP contribution in [-0.4, -0.2) is 9.55 Å². The van der Waals surface area contributed by atoms with Gasteiger partial charge in [0.15, 0.2) is 0 Å². The highest BCUT2D eigenvalue weighted by molar-refractivity contribution is 6.35. The first kappa shape index (κ1) is 11.4. The van der Waals surface area contributed by atoms with E-state index in [-0.39, 0.29) is 5.69 Å². The average molecular weight is 279 g/mol. The Hall–Kier alpha value is -1.71. The number of hydrogen-bond acceptors (Lipinski definition) is 1. The van der Waals surface area contributed by atoms with E-state index in [1.165, 1.54) is 0 Å². The molecule has 5 heteroatoms. The van der Waals surface area contributed by atoms with E-state index < -0.39 is 0 Å². The molecular weight excluding hydrogens is 271 g/mol. The van der Waals surface area contributed by atoms with Crippen molar-refractivity contribution in [2.75, 3.05) is 0 Å². The molecule has 0 unspecified atom stereocenters. The molecule has 0 saturated heterocycles. The predicted molar refractivity (Wildman–Crippen MR) is 73.9 cm³/mol. The molecule has 1 N–H and O–H groups in total. The molecule has 0 aliphatic heterocycles. The van der Waals surface area contributed by atoms with Crippen molar-refractivity contribution in [3.63, 3.8) is 0 Å². The van der Waals surface area contributed by atoms with Gasteiger partial charge in [-0.25, -0.2) is 4.79 Å². The second kappa shape index (κ2) is 4.19. The normalized spacial score (nSPS) is 11.0. The summed E-state index contributed by atoms with van der Waals surface area (Å²) in [6, 6.07) is 12.5. The highest BCUT2D eigenvalue weighted by Crippen LogP contribution is 2.23. The van der Waals surface area contributed by atoms with E-state index >= 15 is 0 Å². The average Bonchev–Trinajstić information content (AvgIpc) is 2.67. The zero-order valence-corrected chi connectivity index (χ0v) is 10.7. The number of aromatic nitrogens is 2. The van der Waals surface area contributed by atoms with Crippen molar-refractivity contribution in [2.45, 2.75) is 0 Å². The van der Waals surface area contributed by atoms with Crippen LogP contribution in [0.15, 0.2) is 47.3 Å². The maximum Gasteiger partial charge on any atom is 0.331 e. The third kappa shape index (κ3) is 1.72. The number of nitrogens with one attached hydrogen (secondary N) is 1. The molecule has 0 fully saturated rings. The number of benzene rings is 2. The summed E-state index contributed by atoms with van der Waals surface area (Å²) in [4.78, 5) is 14.8. The number of para-hydroxylation sites is 1. The van der Waals surface area contributed by atoms with Gasteiger partial charge in [-0.2, -0.15) is 0 Å². The molecule has 1 heterocycles. The molecule has 0 aliphatic rings. The van der Waals surface area contributed by atoms with Crippen LogP contribution in [0.1, 0.15) is 0 Å². The fourth-order valence-electron chi connectivity index (χ4n) is 1.97. The van der Waals surface area contributed by atoms with Crippen LogP contribution in [0.5, 0.6) is 0 Å². The Labute approximate surface area is 113 Å². The largest absolute Gasteiger partial charge is 0.331 e. The fraction of sp³-hybridized carbons (Fsp3) is 0. The van der Waals surface area contributed by atoms with Crippen molar-refractivity contribution in [1.82, 2.24) is 9.55 Å². The third-order valence-corrected chi connectivity index (χ3v) is 3.28.